The van der Waals surface area contributed by atoms with E-state index in [0.29, 0.717) is 34.4 Å². The number of benzene rings is 1. The fraction of sp³-hybridized carbons (Fsp3) is 0.214. The average Bonchev–Trinajstić information content (AvgIpc) is 2.82. The van der Waals surface area contributed by atoms with Crippen molar-refractivity contribution >= 4 is 28.9 Å². The standard InChI is InChI=1S/C14H16ClN3O2/c1-3-18-8-9(15)6-13(18)14(19)17-12-7-10(20-2)4-5-11(12)16/h4-8H,3,16H2,1-2H3,(H,17,19). The number of nitrogen functional groups attached to an aromatic ring is 1. The number of ether oxygens (including phenoxy) is 1. The molecular weight excluding hydrogens is 278 g/mol. The molecule has 0 fully saturated rings. The van der Waals surface area contributed by atoms with Gasteiger partial charge < -0.3 is 20.4 Å². The Hall–Kier alpha value is -2.14. The van der Waals surface area contributed by atoms with Gasteiger partial charge in [0.2, 0.25) is 0 Å². The summed E-state index contributed by atoms with van der Waals surface area (Å²) in [6, 6.07) is 6.71. The summed E-state index contributed by atoms with van der Waals surface area (Å²) in [5.41, 5.74) is 7.31. The van der Waals surface area contributed by atoms with Crippen LogP contribution in [0.15, 0.2) is 30.5 Å². The number of hydrogen-bond acceptors (Lipinski definition) is 3. The van der Waals surface area contributed by atoms with Crippen LogP contribution in [-0.2, 0) is 6.54 Å². The normalized spacial score (nSPS) is 10.3. The minimum Gasteiger partial charge on any atom is -0.497 e. The first-order chi connectivity index (χ1) is 9.55. The van der Waals surface area contributed by atoms with Gasteiger partial charge in [0.05, 0.1) is 23.5 Å². The Kier molecular flexibility index (Phi) is 4.20. The number of halogens is 1. The maximum atomic E-state index is 12.3. The van der Waals surface area contributed by atoms with E-state index < -0.39 is 0 Å². The molecule has 20 heavy (non-hydrogen) atoms. The van der Waals surface area contributed by atoms with Crippen molar-refractivity contribution < 1.29 is 9.53 Å². The van der Waals surface area contributed by atoms with Crippen LogP contribution < -0.4 is 15.8 Å². The van der Waals surface area contributed by atoms with Crippen molar-refractivity contribution in [1.82, 2.24) is 4.57 Å². The molecule has 106 valence electrons. The zero-order chi connectivity index (χ0) is 14.7. The van der Waals surface area contributed by atoms with E-state index in [1.54, 1.807) is 42.1 Å². The highest BCUT2D eigenvalue weighted by atomic mass is 35.5. The second-order valence-corrected chi connectivity index (χ2v) is 4.67. The molecule has 0 spiro atoms. The molecule has 2 rings (SSSR count). The number of carbonyl (C=O) groups is 1. The van der Waals surface area contributed by atoms with Crippen LogP contribution in [0.25, 0.3) is 0 Å². The highest BCUT2D eigenvalue weighted by molar-refractivity contribution is 6.31. The third-order valence-electron chi connectivity index (χ3n) is 2.95. The molecule has 1 heterocycles. The molecule has 2 aromatic rings. The van der Waals surface area contributed by atoms with E-state index in [-0.39, 0.29) is 5.91 Å². The van der Waals surface area contributed by atoms with Gasteiger partial charge in [0.15, 0.2) is 0 Å². The largest absolute Gasteiger partial charge is 0.497 e. The molecule has 1 aromatic heterocycles. The molecule has 0 aliphatic rings. The highest BCUT2D eigenvalue weighted by Crippen LogP contribution is 2.25. The Labute approximate surface area is 122 Å². The van der Waals surface area contributed by atoms with Gasteiger partial charge in [0.25, 0.3) is 5.91 Å². The first-order valence-corrected chi connectivity index (χ1v) is 6.53. The monoisotopic (exact) mass is 293 g/mol. The number of aryl methyl sites for hydroxylation is 1. The van der Waals surface area contributed by atoms with E-state index in [1.807, 2.05) is 6.92 Å². The number of nitrogens with zero attached hydrogens (tertiary/aromatic N) is 1. The van der Waals surface area contributed by atoms with Crippen LogP contribution in [0.1, 0.15) is 17.4 Å². The minimum absolute atomic E-state index is 0.265. The van der Waals surface area contributed by atoms with Crippen LogP contribution in [-0.4, -0.2) is 17.6 Å². The van der Waals surface area contributed by atoms with Crippen molar-refractivity contribution in [3.8, 4) is 5.75 Å². The summed E-state index contributed by atoms with van der Waals surface area (Å²) in [6.45, 7) is 2.59. The Balaban J connectivity index is 2.27. The molecule has 5 nitrogen and oxygen atoms in total. The summed E-state index contributed by atoms with van der Waals surface area (Å²) < 4.78 is 6.88. The number of rotatable bonds is 4. The van der Waals surface area contributed by atoms with Crippen molar-refractivity contribution in [3.63, 3.8) is 0 Å². The van der Waals surface area contributed by atoms with Crippen molar-refractivity contribution in [1.29, 1.82) is 0 Å². The van der Waals surface area contributed by atoms with Crippen LogP contribution in [0.5, 0.6) is 5.75 Å². The Bertz CT molecular complexity index is 637. The molecule has 0 bridgehead atoms. The zero-order valence-corrected chi connectivity index (χ0v) is 12.1. The molecule has 3 N–H and O–H groups in total. The third-order valence-corrected chi connectivity index (χ3v) is 3.15. The quantitative estimate of drug-likeness (QED) is 0.851. The molecule has 1 amide bonds. The number of methoxy groups -OCH3 is 1. The molecule has 0 saturated heterocycles. The number of nitrogens with two attached hydrogens (primary N) is 1. The van der Waals surface area contributed by atoms with Gasteiger partial charge in [-0.15, -0.1) is 0 Å². The summed E-state index contributed by atoms with van der Waals surface area (Å²) in [5.74, 6) is 0.358. The number of nitrogens with one attached hydrogen (secondary N) is 1. The molecule has 0 radical (unpaired) electrons. The Morgan fingerprint density at radius 2 is 2.20 bits per heavy atom. The maximum Gasteiger partial charge on any atom is 0.272 e. The predicted octanol–water partition coefficient (Wildman–Crippen LogP) is 3.00. The van der Waals surface area contributed by atoms with E-state index in [4.69, 9.17) is 22.1 Å². The number of aromatic nitrogens is 1. The van der Waals surface area contributed by atoms with Crippen molar-refractivity contribution in [3.05, 3.63) is 41.2 Å². The molecule has 1 aromatic carbocycles. The predicted molar refractivity (Wildman–Crippen MR) is 80.5 cm³/mol. The van der Waals surface area contributed by atoms with Crippen LogP contribution in [0.4, 0.5) is 11.4 Å². The maximum absolute atomic E-state index is 12.3. The topological polar surface area (TPSA) is 69.3 Å². The molecule has 0 aliphatic carbocycles. The van der Waals surface area contributed by atoms with Gasteiger partial charge >= 0.3 is 0 Å². The van der Waals surface area contributed by atoms with Gasteiger partial charge in [-0.25, -0.2) is 0 Å². The SMILES string of the molecule is CCn1cc(Cl)cc1C(=O)Nc1cc(OC)ccc1N. The highest BCUT2D eigenvalue weighted by Gasteiger charge is 2.14. The second kappa shape index (κ2) is 5.88. The van der Waals surface area contributed by atoms with E-state index in [9.17, 15) is 4.79 Å². The number of anilines is 2. The molecule has 0 unspecified atom stereocenters. The smallest absolute Gasteiger partial charge is 0.272 e. The molecule has 6 heteroatoms. The minimum atomic E-state index is -0.265. The van der Waals surface area contributed by atoms with Crippen LogP contribution in [0, 0.1) is 0 Å². The Morgan fingerprint density at radius 3 is 2.85 bits per heavy atom. The van der Waals surface area contributed by atoms with Crippen LogP contribution in [0.2, 0.25) is 5.02 Å². The first-order valence-electron chi connectivity index (χ1n) is 6.15. The summed E-state index contributed by atoms with van der Waals surface area (Å²) >= 11 is 5.92. The van der Waals surface area contributed by atoms with Gasteiger partial charge in [-0.05, 0) is 25.1 Å². The third kappa shape index (κ3) is 2.88. The van der Waals surface area contributed by atoms with Crippen LogP contribution >= 0.6 is 11.6 Å². The molecular formula is C14H16ClN3O2. The lowest BCUT2D eigenvalue weighted by Gasteiger charge is -2.11. The van der Waals surface area contributed by atoms with Gasteiger partial charge in [-0.3, -0.25) is 4.79 Å². The van der Waals surface area contributed by atoms with Crippen molar-refractivity contribution in [2.75, 3.05) is 18.2 Å². The average molecular weight is 294 g/mol. The fourth-order valence-electron chi connectivity index (χ4n) is 1.88. The van der Waals surface area contributed by atoms with E-state index in [0.717, 1.165) is 0 Å². The van der Waals surface area contributed by atoms with E-state index in [2.05, 4.69) is 5.32 Å². The van der Waals surface area contributed by atoms with Crippen molar-refractivity contribution in [2.45, 2.75) is 13.5 Å². The lowest BCUT2D eigenvalue weighted by molar-refractivity contribution is 0.101. The number of amides is 1. The molecule has 0 aliphatic heterocycles. The van der Waals surface area contributed by atoms with E-state index >= 15 is 0 Å². The summed E-state index contributed by atoms with van der Waals surface area (Å²) in [5, 5.41) is 3.29. The Morgan fingerprint density at radius 1 is 1.45 bits per heavy atom. The second-order valence-electron chi connectivity index (χ2n) is 4.24. The van der Waals surface area contributed by atoms with Crippen molar-refractivity contribution in [2.24, 2.45) is 0 Å². The van der Waals surface area contributed by atoms with Gasteiger partial charge in [0, 0.05) is 18.8 Å². The summed E-state index contributed by atoms with van der Waals surface area (Å²) in [7, 11) is 1.55. The lowest BCUT2D eigenvalue weighted by Crippen LogP contribution is -2.17. The van der Waals surface area contributed by atoms with E-state index in [1.165, 1.54) is 0 Å². The number of carbonyl (C=O) groups excluding carboxylic acids is 1. The van der Waals surface area contributed by atoms with Gasteiger partial charge in [-0.1, -0.05) is 11.6 Å². The fourth-order valence-corrected chi connectivity index (χ4v) is 2.10. The van der Waals surface area contributed by atoms with Gasteiger partial charge in [0.1, 0.15) is 11.4 Å². The van der Waals surface area contributed by atoms with Gasteiger partial charge in [-0.2, -0.15) is 0 Å². The van der Waals surface area contributed by atoms with Crippen LogP contribution in [0.3, 0.4) is 0 Å². The summed E-state index contributed by atoms with van der Waals surface area (Å²) in [6.07, 6.45) is 1.71. The molecule has 0 saturated carbocycles. The first kappa shape index (κ1) is 14.3. The zero-order valence-electron chi connectivity index (χ0n) is 11.3. The summed E-state index contributed by atoms with van der Waals surface area (Å²) in [4.78, 5) is 12.3. The lowest BCUT2D eigenvalue weighted by atomic mass is 10.2. The molecule has 0 atom stereocenters. The number of hydrogen-bond donors (Lipinski definition) is 2.